The molecule has 0 amide bonds. The SMILES string of the molecule is COCCOc1cc(Nc2cc(C)[nH]n2)nc(N2CCCC2c2cc(-c3ccc[n+]([O-])c3)no2)n1. The minimum absolute atomic E-state index is 0.103. The van der Waals surface area contributed by atoms with E-state index >= 15 is 0 Å². The molecule has 4 aromatic heterocycles. The zero-order chi connectivity index (χ0) is 24.2. The van der Waals surface area contributed by atoms with E-state index in [9.17, 15) is 5.21 Å². The van der Waals surface area contributed by atoms with E-state index in [1.165, 1.54) is 12.4 Å². The highest BCUT2D eigenvalue weighted by atomic mass is 16.5. The second-order valence-electron chi connectivity index (χ2n) is 8.21. The lowest BCUT2D eigenvalue weighted by Gasteiger charge is -2.23. The number of pyridine rings is 1. The molecule has 0 radical (unpaired) electrons. The minimum Gasteiger partial charge on any atom is -0.619 e. The lowest BCUT2D eigenvalue weighted by Crippen LogP contribution is -2.25. The van der Waals surface area contributed by atoms with Crippen LogP contribution in [0.4, 0.5) is 17.6 Å². The highest BCUT2D eigenvalue weighted by molar-refractivity contribution is 5.58. The van der Waals surface area contributed by atoms with Crippen LogP contribution in [0.1, 0.15) is 30.3 Å². The average Bonchev–Trinajstić information content (AvgIpc) is 3.60. The Hall–Kier alpha value is -4.19. The first-order chi connectivity index (χ1) is 17.1. The van der Waals surface area contributed by atoms with Crippen LogP contribution in [-0.2, 0) is 4.74 Å². The molecular formula is C23H26N8O4. The van der Waals surface area contributed by atoms with Gasteiger partial charge in [0.05, 0.1) is 18.2 Å². The zero-order valence-electron chi connectivity index (χ0n) is 19.5. The highest BCUT2D eigenvalue weighted by Gasteiger charge is 2.32. The quantitative estimate of drug-likeness (QED) is 0.209. The number of aromatic nitrogens is 6. The van der Waals surface area contributed by atoms with E-state index in [0.717, 1.165) is 29.8 Å². The molecule has 5 rings (SSSR count). The molecule has 12 heteroatoms. The van der Waals surface area contributed by atoms with E-state index in [2.05, 4.69) is 30.6 Å². The monoisotopic (exact) mass is 478 g/mol. The Morgan fingerprint density at radius 2 is 2.17 bits per heavy atom. The number of aryl methyl sites for hydroxylation is 1. The third-order valence-corrected chi connectivity index (χ3v) is 5.63. The van der Waals surface area contributed by atoms with Gasteiger partial charge in [0.25, 0.3) is 0 Å². The van der Waals surface area contributed by atoms with Crippen LogP contribution in [0.2, 0.25) is 0 Å². The number of nitrogens with zero attached hydrogens (tertiary/aromatic N) is 6. The van der Waals surface area contributed by atoms with Crippen molar-refractivity contribution < 1.29 is 18.7 Å². The van der Waals surface area contributed by atoms with Crippen molar-refractivity contribution in [3.8, 4) is 17.1 Å². The Labute approximate surface area is 201 Å². The predicted molar refractivity (Wildman–Crippen MR) is 126 cm³/mol. The summed E-state index contributed by atoms with van der Waals surface area (Å²) < 4.78 is 17.3. The first-order valence-electron chi connectivity index (χ1n) is 11.3. The molecule has 1 saturated heterocycles. The molecule has 0 spiro atoms. The van der Waals surface area contributed by atoms with Crippen molar-refractivity contribution in [1.29, 1.82) is 0 Å². The molecule has 1 aliphatic heterocycles. The fourth-order valence-electron chi connectivity index (χ4n) is 4.01. The molecule has 0 aromatic carbocycles. The van der Waals surface area contributed by atoms with Crippen molar-refractivity contribution in [2.75, 3.05) is 37.1 Å². The zero-order valence-corrected chi connectivity index (χ0v) is 19.5. The van der Waals surface area contributed by atoms with Crippen molar-refractivity contribution in [1.82, 2.24) is 25.3 Å². The number of hydrogen-bond donors (Lipinski definition) is 2. The first-order valence-corrected chi connectivity index (χ1v) is 11.3. The molecule has 4 aromatic rings. The van der Waals surface area contributed by atoms with Gasteiger partial charge in [-0.05, 0) is 25.8 Å². The molecule has 0 aliphatic carbocycles. The van der Waals surface area contributed by atoms with Crippen LogP contribution in [0.25, 0.3) is 11.3 Å². The van der Waals surface area contributed by atoms with Crippen LogP contribution in [0, 0.1) is 12.1 Å². The lowest BCUT2D eigenvalue weighted by atomic mass is 10.1. The number of nitrogens with one attached hydrogen (secondary N) is 2. The van der Waals surface area contributed by atoms with E-state index in [0.29, 0.717) is 53.7 Å². The lowest BCUT2D eigenvalue weighted by molar-refractivity contribution is -0.604. The number of methoxy groups -OCH3 is 1. The molecule has 0 saturated carbocycles. The van der Waals surface area contributed by atoms with Crippen molar-refractivity contribution >= 4 is 17.6 Å². The Morgan fingerprint density at radius 1 is 1.26 bits per heavy atom. The third kappa shape index (κ3) is 5.17. The van der Waals surface area contributed by atoms with Crippen LogP contribution in [0.15, 0.2) is 47.2 Å². The normalized spacial score (nSPS) is 15.5. The molecule has 1 unspecified atom stereocenters. The highest BCUT2D eigenvalue weighted by Crippen LogP contribution is 2.37. The number of rotatable bonds is 9. The van der Waals surface area contributed by atoms with Gasteiger partial charge in [0.15, 0.2) is 24.0 Å². The molecule has 0 bridgehead atoms. The summed E-state index contributed by atoms with van der Waals surface area (Å²) >= 11 is 0. The third-order valence-electron chi connectivity index (χ3n) is 5.63. The summed E-state index contributed by atoms with van der Waals surface area (Å²) in [4.78, 5) is 11.5. The fourth-order valence-corrected chi connectivity index (χ4v) is 4.01. The first kappa shape index (κ1) is 22.6. The Kier molecular flexibility index (Phi) is 6.44. The second-order valence-corrected chi connectivity index (χ2v) is 8.21. The molecule has 12 nitrogen and oxygen atoms in total. The van der Waals surface area contributed by atoms with Crippen LogP contribution in [0.5, 0.6) is 5.88 Å². The van der Waals surface area contributed by atoms with Crippen molar-refractivity contribution in [3.63, 3.8) is 0 Å². The van der Waals surface area contributed by atoms with Crippen LogP contribution >= 0.6 is 0 Å². The Morgan fingerprint density at radius 3 is 2.97 bits per heavy atom. The number of H-pyrrole nitrogens is 1. The Bertz CT molecular complexity index is 1290. The van der Waals surface area contributed by atoms with Crippen molar-refractivity contribution in [3.05, 3.63) is 59.4 Å². The maximum Gasteiger partial charge on any atom is 0.231 e. The van der Waals surface area contributed by atoms with Gasteiger partial charge < -0.3 is 29.4 Å². The molecular weight excluding hydrogens is 452 g/mol. The van der Waals surface area contributed by atoms with Crippen LogP contribution < -0.4 is 19.7 Å². The molecule has 1 atom stereocenters. The summed E-state index contributed by atoms with van der Waals surface area (Å²) in [7, 11) is 1.62. The number of ether oxygens (including phenoxy) is 2. The largest absolute Gasteiger partial charge is 0.619 e. The number of anilines is 3. The maximum atomic E-state index is 11.7. The summed E-state index contributed by atoms with van der Waals surface area (Å²) in [6.45, 7) is 3.47. The van der Waals surface area contributed by atoms with E-state index in [4.69, 9.17) is 19.0 Å². The van der Waals surface area contributed by atoms with Gasteiger partial charge in [0.2, 0.25) is 11.8 Å². The maximum absolute atomic E-state index is 11.7. The fraction of sp³-hybridized carbons (Fsp3) is 0.348. The van der Waals surface area contributed by atoms with Gasteiger partial charge in [-0.15, -0.1) is 0 Å². The summed E-state index contributed by atoms with van der Waals surface area (Å²) in [6.07, 6.45) is 4.68. The predicted octanol–water partition coefficient (Wildman–Crippen LogP) is 2.91. The molecule has 35 heavy (non-hydrogen) atoms. The smallest absolute Gasteiger partial charge is 0.231 e. The molecule has 5 heterocycles. The minimum atomic E-state index is -0.103. The van der Waals surface area contributed by atoms with E-state index in [-0.39, 0.29) is 6.04 Å². The van der Waals surface area contributed by atoms with Gasteiger partial charge in [-0.3, -0.25) is 5.10 Å². The Balaban J connectivity index is 1.43. The molecule has 2 N–H and O–H groups in total. The van der Waals surface area contributed by atoms with E-state index in [1.807, 2.05) is 25.1 Å². The molecule has 1 aliphatic rings. The van der Waals surface area contributed by atoms with Gasteiger partial charge in [0, 0.05) is 43.6 Å². The summed E-state index contributed by atoms with van der Waals surface area (Å²) in [5, 5.41) is 26.2. The summed E-state index contributed by atoms with van der Waals surface area (Å²) in [5.74, 6) is 2.82. The van der Waals surface area contributed by atoms with Crippen molar-refractivity contribution in [2.24, 2.45) is 0 Å². The standard InChI is InChI=1S/C23H26N8O4/c1-15-11-21(28-27-15)24-20-13-22(34-10-9-33-2)26-23(25-20)31-8-4-6-18(31)19-12-17(29-35-19)16-5-3-7-30(32)14-16/h3,5,7,11-14,18H,4,6,8-10H2,1-2H3,(H2,24,25,26,27,28). The van der Waals surface area contributed by atoms with Gasteiger partial charge in [-0.2, -0.15) is 19.8 Å². The molecule has 182 valence electrons. The summed E-state index contributed by atoms with van der Waals surface area (Å²) in [6, 6.07) is 8.88. The number of aromatic amines is 1. The van der Waals surface area contributed by atoms with E-state index in [1.54, 1.807) is 19.2 Å². The van der Waals surface area contributed by atoms with Gasteiger partial charge >= 0.3 is 0 Å². The molecule has 1 fully saturated rings. The van der Waals surface area contributed by atoms with Crippen LogP contribution in [0.3, 0.4) is 0 Å². The second kappa shape index (κ2) is 9.97. The average molecular weight is 479 g/mol. The summed E-state index contributed by atoms with van der Waals surface area (Å²) in [5.41, 5.74) is 2.22. The van der Waals surface area contributed by atoms with E-state index < -0.39 is 0 Å². The topological polar surface area (TPSA) is 141 Å². The van der Waals surface area contributed by atoms with Crippen molar-refractivity contribution in [2.45, 2.75) is 25.8 Å². The van der Waals surface area contributed by atoms with Gasteiger partial charge in [0.1, 0.15) is 18.1 Å². The van der Waals surface area contributed by atoms with Gasteiger partial charge in [-0.1, -0.05) is 5.16 Å². The van der Waals surface area contributed by atoms with Gasteiger partial charge in [-0.25, -0.2) is 0 Å². The van der Waals surface area contributed by atoms with Crippen LogP contribution in [-0.4, -0.2) is 52.2 Å². The number of hydrogen-bond acceptors (Lipinski definition) is 10.